The van der Waals surface area contributed by atoms with Crippen LogP contribution in [-0.4, -0.2) is 20.4 Å². The Morgan fingerprint density at radius 2 is 1.55 bits per heavy atom. The maximum absolute atomic E-state index is 12.9. The molecule has 1 heterocycles. The van der Waals surface area contributed by atoms with Gasteiger partial charge in [0, 0.05) is 11.6 Å². The fourth-order valence-corrected chi connectivity index (χ4v) is 3.28. The molecule has 29 heavy (non-hydrogen) atoms. The van der Waals surface area contributed by atoms with Crippen LogP contribution in [0.4, 0.5) is 0 Å². The molecular weight excluding hydrogens is 372 g/mol. The Bertz CT molecular complexity index is 1210. The molecule has 0 saturated carbocycles. The molecule has 152 valence electrons. The summed E-state index contributed by atoms with van der Waals surface area (Å²) in [6, 6.07) is 3.48. The van der Waals surface area contributed by atoms with Gasteiger partial charge in [0.25, 0.3) is 0 Å². The first-order valence-electron chi connectivity index (χ1n) is 9.35. The van der Waals surface area contributed by atoms with E-state index in [1.165, 1.54) is 17.7 Å². The molecule has 0 amide bonds. The standard InChI is InChI=1S/C23H24O6/c1-12(2)5-4-6-13(3)7-8-14-17(26)11-18(27)20-21(28)19-15(24)9-10-16(25)23(19)29-22(14)20/h5,7,9-11,24-27H,4,6,8H2,1-3H3. The topological polar surface area (TPSA) is 111 Å². The van der Waals surface area contributed by atoms with Crippen molar-refractivity contribution in [3.63, 3.8) is 0 Å². The van der Waals surface area contributed by atoms with E-state index >= 15 is 0 Å². The SMILES string of the molecule is CC(C)=CCCC(C)=CCc1c(O)cc(O)c2c(=O)c3c(O)ccc(O)c3oc12. The van der Waals surface area contributed by atoms with Crippen LogP contribution in [0.1, 0.15) is 39.2 Å². The van der Waals surface area contributed by atoms with Crippen LogP contribution in [0.5, 0.6) is 23.0 Å². The first kappa shape index (κ1) is 20.3. The molecular formula is C23H24O6. The highest BCUT2D eigenvalue weighted by atomic mass is 16.4. The van der Waals surface area contributed by atoms with E-state index in [2.05, 4.69) is 6.08 Å². The minimum Gasteiger partial charge on any atom is -0.507 e. The highest BCUT2D eigenvalue weighted by molar-refractivity contribution is 5.99. The first-order valence-corrected chi connectivity index (χ1v) is 9.35. The summed E-state index contributed by atoms with van der Waals surface area (Å²) >= 11 is 0. The fraction of sp³-hybridized carbons (Fsp3) is 0.261. The van der Waals surface area contributed by atoms with E-state index in [0.29, 0.717) is 5.56 Å². The third kappa shape index (κ3) is 3.92. The summed E-state index contributed by atoms with van der Waals surface area (Å²) in [5.74, 6) is -1.36. The summed E-state index contributed by atoms with van der Waals surface area (Å²) in [5, 5.41) is 40.3. The molecule has 3 rings (SSSR count). The summed E-state index contributed by atoms with van der Waals surface area (Å²) in [4.78, 5) is 12.9. The molecule has 6 nitrogen and oxygen atoms in total. The highest BCUT2D eigenvalue weighted by Gasteiger charge is 2.21. The molecule has 3 aromatic rings. The van der Waals surface area contributed by atoms with Crippen LogP contribution in [0.3, 0.4) is 0 Å². The maximum Gasteiger partial charge on any atom is 0.208 e. The van der Waals surface area contributed by atoms with Gasteiger partial charge in [-0.3, -0.25) is 4.79 Å². The fourth-order valence-electron chi connectivity index (χ4n) is 3.28. The van der Waals surface area contributed by atoms with Gasteiger partial charge < -0.3 is 24.8 Å². The lowest BCUT2D eigenvalue weighted by Crippen LogP contribution is -2.04. The largest absolute Gasteiger partial charge is 0.507 e. The van der Waals surface area contributed by atoms with Crippen molar-refractivity contribution in [2.75, 3.05) is 0 Å². The average molecular weight is 396 g/mol. The zero-order valence-electron chi connectivity index (χ0n) is 16.6. The molecule has 0 bridgehead atoms. The van der Waals surface area contributed by atoms with Gasteiger partial charge in [-0.1, -0.05) is 23.3 Å². The van der Waals surface area contributed by atoms with Crippen molar-refractivity contribution >= 4 is 21.9 Å². The van der Waals surface area contributed by atoms with Gasteiger partial charge in [-0.2, -0.15) is 0 Å². The highest BCUT2D eigenvalue weighted by Crippen LogP contribution is 2.38. The molecule has 2 aromatic carbocycles. The van der Waals surface area contributed by atoms with E-state index in [4.69, 9.17) is 4.42 Å². The van der Waals surface area contributed by atoms with Crippen molar-refractivity contribution in [2.45, 2.75) is 40.0 Å². The van der Waals surface area contributed by atoms with Crippen LogP contribution in [0.25, 0.3) is 21.9 Å². The zero-order chi connectivity index (χ0) is 21.3. The molecule has 0 saturated heterocycles. The number of rotatable bonds is 5. The number of hydrogen-bond acceptors (Lipinski definition) is 6. The Morgan fingerprint density at radius 3 is 2.24 bits per heavy atom. The quantitative estimate of drug-likeness (QED) is 0.274. The maximum atomic E-state index is 12.9. The van der Waals surface area contributed by atoms with Gasteiger partial charge in [-0.25, -0.2) is 0 Å². The van der Waals surface area contributed by atoms with E-state index in [1.807, 2.05) is 26.8 Å². The molecule has 0 spiro atoms. The smallest absolute Gasteiger partial charge is 0.208 e. The van der Waals surface area contributed by atoms with Crippen LogP contribution >= 0.6 is 0 Å². The average Bonchev–Trinajstić information content (AvgIpc) is 2.63. The van der Waals surface area contributed by atoms with Gasteiger partial charge in [0.05, 0.1) is 0 Å². The number of aromatic hydroxyl groups is 4. The predicted molar refractivity (Wildman–Crippen MR) is 113 cm³/mol. The number of benzene rings is 2. The number of fused-ring (bicyclic) bond motifs is 2. The molecule has 6 heteroatoms. The Morgan fingerprint density at radius 1 is 0.897 bits per heavy atom. The van der Waals surface area contributed by atoms with Crippen LogP contribution in [0.15, 0.2) is 50.7 Å². The van der Waals surface area contributed by atoms with Gasteiger partial charge in [0.2, 0.25) is 5.43 Å². The van der Waals surface area contributed by atoms with Crippen molar-refractivity contribution < 1.29 is 24.8 Å². The Kier molecular flexibility index (Phi) is 5.55. The van der Waals surface area contributed by atoms with Crippen molar-refractivity contribution in [3.05, 3.63) is 57.3 Å². The lowest BCUT2D eigenvalue weighted by molar-refractivity contribution is 0.445. The molecule has 0 aliphatic carbocycles. The van der Waals surface area contributed by atoms with E-state index < -0.39 is 11.2 Å². The summed E-state index contributed by atoms with van der Waals surface area (Å²) in [6.07, 6.45) is 6.10. The lowest BCUT2D eigenvalue weighted by Gasteiger charge is -2.11. The van der Waals surface area contributed by atoms with Crippen LogP contribution in [0, 0.1) is 0 Å². The van der Waals surface area contributed by atoms with Crippen molar-refractivity contribution in [1.82, 2.24) is 0 Å². The van der Waals surface area contributed by atoms with Crippen molar-refractivity contribution in [2.24, 2.45) is 0 Å². The molecule has 0 aliphatic heterocycles. The number of phenolic OH excluding ortho intramolecular Hbond substituents is 4. The zero-order valence-corrected chi connectivity index (χ0v) is 16.6. The normalized spacial score (nSPS) is 11.9. The molecule has 0 fully saturated rings. The van der Waals surface area contributed by atoms with Gasteiger partial charge in [0.1, 0.15) is 33.6 Å². The van der Waals surface area contributed by atoms with Gasteiger partial charge in [-0.15, -0.1) is 0 Å². The number of allylic oxidation sites excluding steroid dienone is 4. The second kappa shape index (κ2) is 7.91. The van der Waals surface area contributed by atoms with Crippen LogP contribution < -0.4 is 5.43 Å². The summed E-state index contributed by atoms with van der Waals surface area (Å²) in [5.41, 5.74) is 1.77. The second-order valence-corrected chi connectivity index (χ2v) is 7.41. The molecule has 1 aromatic heterocycles. The molecule has 4 N–H and O–H groups in total. The Hall–Kier alpha value is -3.41. The minimum absolute atomic E-state index is 0.0192. The van der Waals surface area contributed by atoms with Crippen molar-refractivity contribution in [3.8, 4) is 23.0 Å². The van der Waals surface area contributed by atoms with E-state index in [0.717, 1.165) is 24.5 Å². The number of hydrogen-bond donors (Lipinski definition) is 4. The minimum atomic E-state index is -0.683. The van der Waals surface area contributed by atoms with Gasteiger partial charge in [0.15, 0.2) is 11.3 Å². The molecule has 0 radical (unpaired) electrons. The molecule has 0 aliphatic rings. The molecule has 0 atom stereocenters. The third-order valence-corrected chi connectivity index (χ3v) is 4.86. The van der Waals surface area contributed by atoms with E-state index in [9.17, 15) is 25.2 Å². The van der Waals surface area contributed by atoms with Crippen LogP contribution in [-0.2, 0) is 6.42 Å². The summed E-state index contributed by atoms with van der Waals surface area (Å²) in [7, 11) is 0. The monoisotopic (exact) mass is 396 g/mol. The summed E-state index contributed by atoms with van der Waals surface area (Å²) in [6.45, 7) is 6.06. The third-order valence-electron chi connectivity index (χ3n) is 4.86. The van der Waals surface area contributed by atoms with Gasteiger partial charge in [-0.05, 0) is 52.2 Å². The van der Waals surface area contributed by atoms with Gasteiger partial charge >= 0.3 is 0 Å². The summed E-state index contributed by atoms with van der Waals surface area (Å²) < 4.78 is 5.71. The Labute approximate surface area is 167 Å². The lowest BCUT2D eigenvalue weighted by atomic mass is 10.0. The van der Waals surface area contributed by atoms with Crippen molar-refractivity contribution in [1.29, 1.82) is 0 Å². The molecule has 0 unspecified atom stereocenters. The van der Waals surface area contributed by atoms with Crippen LogP contribution in [0.2, 0.25) is 0 Å². The Balaban J connectivity index is 2.17. The number of phenols is 4. The second-order valence-electron chi connectivity index (χ2n) is 7.41. The van der Waals surface area contributed by atoms with E-state index in [1.54, 1.807) is 0 Å². The van der Waals surface area contributed by atoms with E-state index in [-0.39, 0.29) is 45.6 Å². The first-order chi connectivity index (χ1) is 13.7. The predicted octanol–water partition coefficient (Wildman–Crippen LogP) is 5.00.